The van der Waals surface area contributed by atoms with Crippen LogP contribution in [-0.2, 0) is 0 Å². The number of hydrogen-bond donors (Lipinski definition) is 1. The van der Waals surface area contributed by atoms with Gasteiger partial charge in [-0.2, -0.15) is 5.10 Å². The number of nitrogens with one attached hydrogen (secondary N) is 1. The van der Waals surface area contributed by atoms with E-state index in [1.807, 2.05) is 17.6 Å². The molecule has 0 amide bonds. The van der Waals surface area contributed by atoms with Crippen LogP contribution in [0.15, 0.2) is 18.5 Å². The average Bonchev–Trinajstić information content (AvgIpc) is 2.75. The number of nitrogens with zero attached hydrogens (tertiary/aromatic N) is 4. The number of anilines is 1. The summed E-state index contributed by atoms with van der Waals surface area (Å²) in [6, 6.07) is 3.20. The molecule has 102 valence electrons. The topological polar surface area (TPSA) is 45.5 Å². The van der Waals surface area contributed by atoms with E-state index >= 15 is 0 Å². The molecule has 2 unspecified atom stereocenters. The summed E-state index contributed by atoms with van der Waals surface area (Å²) >= 11 is 0. The second kappa shape index (κ2) is 4.81. The minimum absolute atomic E-state index is 0.500. The number of likely N-dealkylation sites (tertiary alicyclic amines) is 1. The Kier molecular flexibility index (Phi) is 3.14. The van der Waals surface area contributed by atoms with Gasteiger partial charge in [0.1, 0.15) is 5.52 Å². The molecule has 2 aromatic rings. The van der Waals surface area contributed by atoms with Crippen molar-refractivity contribution in [3.05, 3.63) is 24.2 Å². The number of rotatable bonds is 2. The molecule has 1 N–H and O–H groups in total. The SMILES string of the molecule is Cc1cc2c(NC3CCN(C)C(C)C3)nccn2n1. The second-order valence-corrected chi connectivity index (χ2v) is 5.59. The Balaban J connectivity index is 1.81. The minimum Gasteiger partial charge on any atom is -0.365 e. The third kappa shape index (κ3) is 2.42. The van der Waals surface area contributed by atoms with Crippen LogP contribution in [0.2, 0.25) is 0 Å². The minimum atomic E-state index is 0.500. The standard InChI is InChI=1S/C14H21N5/c1-10-8-13-14(15-5-7-19(13)17-10)16-12-4-6-18(3)11(2)9-12/h5,7-8,11-12H,4,6,9H2,1-3H3,(H,15,16). The van der Waals surface area contributed by atoms with Crippen LogP contribution in [0.5, 0.6) is 0 Å². The fourth-order valence-electron chi connectivity index (χ4n) is 2.77. The molecular formula is C14H21N5. The van der Waals surface area contributed by atoms with Gasteiger partial charge in [-0.15, -0.1) is 0 Å². The molecular weight excluding hydrogens is 238 g/mol. The van der Waals surface area contributed by atoms with Crippen molar-refractivity contribution in [3.8, 4) is 0 Å². The van der Waals surface area contributed by atoms with Gasteiger partial charge in [0.25, 0.3) is 0 Å². The molecule has 2 aromatic heterocycles. The highest BCUT2D eigenvalue weighted by molar-refractivity contribution is 5.68. The molecule has 1 fully saturated rings. The molecule has 0 radical (unpaired) electrons. The third-order valence-electron chi connectivity index (χ3n) is 4.06. The first kappa shape index (κ1) is 12.4. The summed E-state index contributed by atoms with van der Waals surface area (Å²) in [7, 11) is 2.19. The lowest BCUT2D eigenvalue weighted by atomic mass is 9.99. The van der Waals surface area contributed by atoms with Crippen molar-refractivity contribution >= 4 is 11.3 Å². The van der Waals surface area contributed by atoms with Gasteiger partial charge in [-0.3, -0.25) is 0 Å². The van der Waals surface area contributed by atoms with E-state index in [0.717, 1.165) is 36.4 Å². The van der Waals surface area contributed by atoms with Crippen LogP contribution in [0.3, 0.4) is 0 Å². The molecule has 0 aromatic carbocycles. The Bertz CT molecular complexity index is 576. The van der Waals surface area contributed by atoms with Crippen LogP contribution in [0, 0.1) is 6.92 Å². The molecule has 3 rings (SSSR count). The molecule has 3 heterocycles. The maximum atomic E-state index is 4.47. The van der Waals surface area contributed by atoms with E-state index in [0.29, 0.717) is 12.1 Å². The van der Waals surface area contributed by atoms with Gasteiger partial charge in [-0.05, 0) is 39.8 Å². The quantitative estimate of drug-likeness (QED) is 0.895. The number of aromatic nitrogens is 3. The summed E-state index contributed by atoms with van der Waals surface area (Å²) in [5.41, 5.74) is 2.08. The van der Waals surface area contributed by atoms with Crippen molar-refractivity contribution < 1.29 is 0 Å². The maximum absolute atomic E-state index is 4.47. The fraction of sp³-hybridized carbons (Fsp3) is 0.571. The van der Waals surface area contributed by atoms with Gasteiger partial charge in [-0.1, -0.05) is 0 Å². The number of fused-ring (bicyclic) bond motifs is 1. The monoisotopic (exact) mass is 259 g/mol. The first-order chi connectivity index (χ1) is 9.13. The van der Waals surface area contributed by atoms with E-state index in [1.165, 1.54) is 0 Å². The van der Waals surface area contributed by atoms with Gasteiger partial charge in [0.2, 0.25) is 0 Å². The van der Waals surface area contributed by atoms with Crippen LogP contribution >= 0.6 is 0 Å². The molecule has 0 aliphatic carbocycles. The van der Waals surface area contributed by atoms with Crippen LogP contribution in [0.25, 0.3) is 5.52 Å². The molecule has 5 nitrogen and oxygen atoms in total. The van der Waals surface area contributed by atoms with Gasteiger partial charge < -0.3 is 10.2 Å². The van der Waals surface area contributed by atoms with Crippen molar-refractivity contribution in [1.82, 2.24) is 19.5 Å². The van der Waals surface area contributed by atoms with E-state index < -0.39 is 0 Å². The molecule has 0 bridgehead atoms. The summed E-state index contributed by atoms with van der Waals surface area (Å²) in [5.74, 6) is 0.949. The Morgan fingerprint density at radius 2 is 2.26 bits per heavy atom. The zero-order valence-electron chi connectivity index (χ0n) is 11.8. The first-order valence-corrected chi connectivity index (χ1v) is 6.91. The second-order valence-electron chi connectivity index (χ2n) is 5.59. The zero-order valence-corrected chi connectivity index (χ0v) is 11.8. The Morgan fingerprint density at radius 3 is 3.05 bits per heavy atom. The van der Waals surface area contributed by atoms with Gasteiger partial charge in [0.15, 0.2) is 5.82 Å². The van der Waals surface area contributed by atoms with Gasteiger partial charge in [0, 0.05) is 31.0 Å². The van der Waals surface area contributed by atoms with Crippen LogP contribution in [-0.4, -0.2) is 45.2 Å². The van der Waals surface area contributed by atoms with Crippen molar-refractivity contribution in [2.24, 2.45) is 0 Å². The van der Waals surface area contributed by atoms with Crippen LogP contribution < -0.4 is 5.32 Å². The number of hydrogen-bond acceptors (Lipinski definition) is 4. The van der Waals surface area contributed by atoms with Crippen molar-refractivity contribution in [2.75, 3.05) is 18.9 Å². The van der Waals surface area contributed by atoms with Crippen molar-refractivity contribution in [1.29, 1.82) is 0 Å². The highest BCUT2D eigenvalue weighted by Gasteiger charge is 2.23. The zero-order chi connectivity index (χ0) is 13.4. The number of piperidine rings is 1. The largest absolute Gasteiger partial charge is 0.365 e. The summed E-state index contributed by atoms with van der Waals surface area (Å²) in [4.78, 5) is 6.88. The predicted octanol–water partition coefficient (Wildman–Crippen LogP) is 1.93. The Morgan fingerprint density at radius 1 is 1.42 bits per heavy atom. The van der Waals surface area contributed by atoms with Gasteiger partial charge >= 0.3 is 0 Å². The highest BCUT2D eigenvalue weighted by atomic mass is 15.2. The first-order valence-electron chi connectivity index (χ1n) is 6.91. The van der Waals surface area contributed by atoms with Gasteiger partial charge in [0.05, 0.1) is 5.69 Å². The Hall–Kier alpha value is -1.62. The highest BCUT2D eigenvalue weighted by Crippen LogP contribution is 2.21. The molecule has 1 aliphatic heterocycles. The van der Waals surface area contributed by atoms with Gasteiger partial charge in [-0.25, -0.2) is 9.50 Å². The summed E-state index contributed by atoms with van der Waals surface area (Å²) < 4.78 is 1.89. The normalized spacial score (nSPS) is 24.8. The lowest BCUT2D eigenvalue weighted by molar-refractivity contribution is 0.190. The summed E-state index contributed by atoms with van der Waals surface area (Å²) in [6.07, 6.45) is 6.02. The predicted molar refractivity (Wildman–Crippen MR) is 76.5 cm³/mol. The molecule has 5 heteroatoms. The average molecular weight is 259 g/mol. The summed E-state index contributed by atoms with van der Waals surface area (Å²) in [6.45, 7) is 5.43. The van der Waals surface area contributed by atoms with Crippen molar-refractivity contribution in [3.63, 3.8) is 0 Å². The van der Waals surface area contributed by atoms with E-state index in [4.69, 9.17) is 0 Å². The summed E-state index contributed by atoms with van der Waals surface area (Å²) in [5, 5.41) is 8.01. The third-order valence-corrected chi connectivity index (χ3v) is 4.06. The van der Waals surface area contributed by atoms with E-state index in [9.17, 15) is 0 Å². The molecule has 1 aliphatic rings. The van der Waals surface area contributed by atoms with Crippen LogP contribution in [0.1, 0.15) is 25.5 Å². The lowest BCUT2D eigenvalue weighted by Crippen LogP contribution is -2.42. The Labute approximate surface area is 113 Å². The van der Waals surface area contributed by atoms with E-state index in [2.05, 4.69) is 40.3 Å². The molecule has 2 atom stereocenters. The lowest BCUT2D eigenvalue weighted by Gasteiger charge is -2.35. The molecule has 0 saturated carbocycles. The maximum Gasteiger partial charge on any atom is 0.152 e. The van der Waals surface area contributed by atoms with Crippen molar-refractivity contribution in [2.45, 2.75) is 38.8 Å². The molecule has 1 saturated heterocycles. The smallest absolute Gasteiger partial charge is 0.152 e. The van der Waals surface area contributed by atoms with E-state index in [1.54, 1.807) is 6.20 Å². The molecule has 0 spiro atoms. The van der Waals surface area contributed by atoms with Crippen LogP contribution in [0.4, 0.5) is 5.82 Å². The fourth-order valence-corrected chi connectivity index (χ4v) is 2.77. The van der Waals surface area contributed by atoms with E-state index in [-0.39, 0.29) is 0 Å². The number of aryl methyl sites for hydroxylation is 1. The molecule has 19 heavy (non-hydrogen) atoms.